The van der Waals surface area contributed by atoms with Gasteiger partial charge in [-0.2, -0.15) is 0 Å². The Kier molecular flexibility index (Phi) is 2.68. The van der Waals surface area contributed by atoms with Crippen LogP contribution in [0, 0.1) is 0 Å². The molecule has 0 aliphatic rings. The van der Waals surface area contributed by atoms with Gasteiger partial charge in [-0.15, -0.1) is 0 Å². The molecule has 2 heterocycles. The number of para-hydroxylation sites is 1. The molecule has 0 fully saturated rings. The lowest BCUT2D eigenvalue weighted by Crippen LogP contribution is -1.96. The van der Waals surface area contributed by atoms with E-state index in [4.69, 9.17) is 0 Å². The number of nitrogens with zero attached hydrogens (tertiary/aromatic N) is 1. The molecule has 0 amide bonds. The zero-order valence-corrected chi connectivity index (χ0v) is 10.4. The van der Waals surface area contributed by atoms with Crippen molar-refractivity contribution in [2.45, 2.75) is 6.42 Å². The average molecular weight is 240 g/mol. The number of hydrogen-bond donors (Lipinski definition) is 2. The lowest BCUT2D eigenvalue weighted by Gasteiger charge is -2.04. The van der Waals surface area contributed by atoms with E-state index in [2.05, 4.69) is 27.8 Å². The topological polar surface area (TPSA) is 41.0 Å². The fourth-order valence-corrected chi connectivity index (χ4v) is 2.51. The number of fused-ring (bicyclic) bond motifs is 1. The molecule has 0 unspecified atom stereocenters. The molecule has 92 valence electrons. The van der Waals surface area contributed by atoms with Crippen LogP contribution in [0.1, 0.15) is 5.56 Å². The Morgan fingerprint density at radius 3 is 2.72 bits per heavy atom. The van der Waals surface area contributed by atoms with Gasteiger partial charge in [-0.3, -0.25) is 0 Å². The van der Waals surface area contributed by atoms with Crippen LogP contribution in [-0.4, -0.2) is 21.3 Å². The highest BCUT2D eigenvalue weighted by molar-refractivity contribution is 5.90. The molecule has 0 aliphatic heterocycles. The van der Waals surface area contributed by atoms with Crippen LogP contribution < -0.4 is 0 Å². The minimum absolute atomic E-state index is 0.166. The second-order valence-electron chi connectivity index (χ2n) is 4.50. The minimum atomic E-state index is 0.166. The number of H-pyrrole nitrogens is 1. The lowest BCUT2D eigenvalue weighted by molar-refractivity contribution is 0.300. The first-order valence-electron chi connectivity index (χ1n) is 6.13. The average Bonchev–Trinajstić information content (AvgIpc) is 2.94. The van der Waals surface area contributed by atoms with Crippen molar-refractivity contribution in [3.8, 4) is 11.4 Å². The molecule has 0 radical (unpaired) electrons. The number of rotatable bonds is 3. The van der Waals surface area contributed by atoms with Gasteiger partial charge in [0.15, 0.2) is 0 Å². The normalized spacial score (nSPS) is 11.2. The molecule has 0 spiro atoms. The lowest BCUT2D eigenvalue weighted by atomic mass is 10.1. The molecular formula is C15H16N2O. The molecule has 0 saturated heterocycles. The number of hydrogen-bond acceptors (Lipinski definition) is 1. The molecule has 18 heavy (non-hydrogen) atoms. The van der Waals surface area contributed by atoms with Crippen LogP contribution in [-0.2, 0) is 13.5 Å². The summed E-state index contributed by atoms with van der Waals surface area (Å²) >= 11 is 0. The summed E-state index contributed by atoms with van der Waals surface area (Å²) in [5, 5.41) is 10.5. The summed E-state index contributed by atoms with van der Waals surface area (Å²) in [6.07, 6.45) is 2.70. The zero-order valence-electron chi connectivity index (χ0n) is 10.4. The van der Waals surface area contributed by atoms with Crippen molar-refractivity contribution in [3.05, 3.63) is 48.2 Å². The molecular weight excluding hydrogens is 224 g/mol. The molecule has 3 aromatic rings. The van der Waals surface area contributed by atoms with E-state index in [0.717, 1.165) is 16.9 Å². The summed E-state index contributed by atoms with van der Waals surface area (Å²) in [4.78, 5) is 3.46. The van der Waals surface area contributed by atoms with Gasteiger partial charge in [-0.25, -0.2) is 0 Å². The number of aliphatic hydroxyl groups is 1. The predicted molar refractivity (Wildman–Crippen MR) is 73.5 cm³/mol. The van der Waals surface area contributed by atoms with Gasteiger partial charge in [0.1, 0.15) is 0 Å². The minimum Gasteiger partial charge on any atom is -0.396 e. The van der Waals surface area contributed by atoms with E-state index in [1.807, 2.05) is 31.4 Å². The van der Waals surface area contributed by atoms with Gasteiger partial charge in [0.25, 0.3) is 0 Å². The van der Waals surface area contributed by atoms with Crippen LogP contribution in [0.3, 0.4) is 0 Å². The highest BCUT2D eigenvalue weighted by Crippen LogP contribution is 2.30. The predicted octanol–water partition coefficient (Wildman–Crippen LogP) is 2.71. The summed E-state index contributed by atoms with van der Waals surface area (Å²) < 4.78 is 2.09. The fourth-order valence-electron chi connectivity index (χ4n) is 2.51. The van der Waals surface area contributed by atoms with Crippen molar-refractivity contribution in [3.63, 3.8) is 0 Å². The number of benzene rings is 1. The smallest absolute Gasteiger partial charge is 0.0665 e. The van der Waals surface area contributed by atoms with Crippen LogP contribution in [0.25, 0.3) is 22.3 Å². The molecule has 3 heteroatoms. The molecule has 3 nitrogen and oxygen atoms in total. The van der Waals surface area contributed by atoms with E-state index >= 15 is 0 Å². The van der Waals surface area contributed by atoms with E-state index in [1.165, 1.54) is 10.9 Å². The summed E-state index contributed by atoms with van der Waals surface area (Å²) in [5.74, 6) is 0. The Morgan fingerprint density at radius 2 is 2.00 bits per heavy atom. The van der Waals surface area contributed by atoms with Crippen molar-refractivity contribution in [2.24, 2.45) is 7.05 Å². The van der Waals surface area contributed by atoms with Crippen LogP contribution >= 0.6 is 0 Å². The standard InChI is InChI=1S/C15H16N2O/c1-17-9-4-7-14(17)15-12(8-10-18)11-5-2-3-6-13(11)16-15/h2-7,9,16,18H,8,10H2,1H3. The zero-order chi connectivity index (χ0) is 12.5. The SMILES string of the molecule is Cn1cccc1-c1[nH]c2ccccc2c1CCO. The summed E-state index contributed by atoms with van der Waals surface area (Å²) in [6, 6.07) is 12.4. The highest BCUT2D eigenvalue weighted by Gasteiger charge is 2.13. The Labute approximate surface area is 106 Å². The number of aliphatic hydroxyl groups excluding tert-OH is 1. The third-order valence-corrected chi connectivity index (χ3v) is 3.38. The van der Waals surface area contributed by atoms with Crippen LogP contribution in [0.4, 0.5) is 0 Å². The summed E-state index contributed by atoms with van der Waals surface area (Å²) in [6.45, 7) is 0.166. The van der Waals surface area contributed by atoms with E-state index in [9.17, 15) is 5.11 Å². The molecule has 3 rings (SSSR count). The van der Waals surface area contributed by atoms with Gasteiger partial charge >= 0.3 is 0 Å². The quantitative estimate of drug-likeness (QED) is 0.726. The molecule has 0 aliphatic carbocycles. The number of aryl methyl sites for hydroxylation is 1. The monoisotopic (exact) mass is 240 g/mol. The first kappa shape index (κ1) is 11.1. The van der Waals surface area contributed by atoms with Gasteiger partial charge in [0.2, 0.25) is 0 Å². The fraction of sp³-hybridized carbons (Fsp3) is 0.200. The van der Waals surface area contributed by atoms with Crippen LogP contribution in [0.15, 0.2) is 42.6 Å². The second kappa shape index (κ2) is 4.35. The van der Waals surface area contributed by atoms with Gasteiger partial charge in [-0.1, -0.05) is 18.2 Å². The molecule has 0 atom stereocenters. The van der Waals surface area contributed by atoms with Gasteiger partial charge in [0, 0.05) is 30.8 Å². The maximum absolute atomic E-state index is 9.27. The molecule has 2 aromatic heterocycles. The molecule has 0 saturated carbocycles. The molecule has 1 aromatic carbocycles. The molecule has 2 N–H and O–H groups in total. The van der Waals surface area contributed by atoms with Gasteiger partial charge in [-0.05, 0) is 30.2 Å². The Bertz CT molecular complexity index is 679. The van der Waals surface area contributed by atoms with Crippen molar-refractivity contribution < 1.29 is 5.11 Å². The van der Waals surface area contributed by atoms with Crippen molar-refractivity contribution in [1.82, 2.24) is 9.55 Å². The number of aromatic nitrogens is 2. The van der Waals surface area contributed by atoms with Gasteiger partial charge < -0.3 is 14.7 Å². The summed E-state index contributed by atoms with van der Waals surface area (Å²) in [5.41, 5.74) is 4.57. The third kappa shape index (κ3) is 1.64. The Morgan fingerprint density at radius 1 is 1.17 bits per heavy atom. The van der Waals surface area contributed by atoms with Gasteiger partial charge in [0.05, 0.1) is 11.4 Å². The Hall–Kier alpha value is -2.00. The molecule has 0 bridgehead atoms. The number of aromatic amines is 1. The summed E-state index contributed by atoms with van der Waals surface area (Å²) in [7, 11) is 2.03. The van der Waals surface area contributed by atoms with Crippen LogP contribution in [0.2, 0.25) is 0 Å². The van der Waals surface area contributed by atoms with Crippen molar-refractivity contribution in [2.75, 3.05) is 6.61 Å². The van der Waals surface area contributed by atoms with Crippen molar-refractivity contribution in [1.29, 1.82) is 0 Å². The van der Waals surface area contributed by atoms with E-state index in [-0.39, 0.29) is 6.61 Å². The van der Waals surface area contributed by atoms with E-state index < -0.39 is 0 Å². The maximum Gasteiger partial charge on any atom is 0.0665 e. The maximum atomic E-state index is 9.27. The van der Waals surface area contributed by atoms with E-state index in [1.54, 1.807) is 0 Å². The first-order chi connectivity index (χ1) is 8.81. The van der Waals surface area contributed by atoms with E-state index in [0.29, 0.717) is 6.42 Å². The van der Waals surface area contributed by atoms with Crippen LogP contribution in [0.5, 0.6) is 0 Å². The van der Waals surface area contributed by atoms with Crippen molar-refractivity contribution >= 4 is 10.9 Å². The Balaban J connectivity index is 2.28. The second-order valence-corrected chi connectivity index (χ2v) is 4.50. The number of nitrogens with one attached hydrogen (secondary N) is 1. The third-order valence-electron chi connectivity index (χ3n) is 3.38. The first-order valence-corrected chi connectivity index (χ1v) is 6.13. The largest absolute Gasteiger partial charge is 0.396 e. The highest BCUT2D eigenvalue weighted by atomic mass is 16.2.